The molecule has 1 aromatic heterocycles. The lowest BCUT2D eigenvalue weighted by molar-refractivity contribution is -0.153. The summed E-state index contributed by atoms with van der Waals surface area (Å²) in [5, 5.41) is 0.441. The van der Waals surface area contributed by atoms with E-state index in [9.17, 15) is 18.8 Å². The summed E-state index contributed by atoms with van der Waals surface area (Å²) in [4.78, 5) is 45.3. The number of anilines is 1. The van der Waals surface area contributed by atoms with E-state index in [4.69, 9.17) is 4.74 Å². The molecule has 0 radical (unpaired) electrons. The lowest BCUT2D eigenvalue weighted by Crippen LogP contribution is -2.27. The van der Waals surface area contributed by atoms with Crippen LogP contribution in [0.2, 0.25) is 0 Å². The van der Waals surface area contributed by atoms with Crippen molar-refractivity contribution in [2.75, 3.05) is 11.4 Å². The van der Waals surface area contributed by atoms with Crippen LogP contribution in [0.1, 0.15) is 25.3 Å². The van der Waals surface area contributed by atoms with Gasteiger partial charge in [-0.25, -0.2) is 9.37 Å². The Hall–Kier alpha value is -3.55. The highest BCUT2D eigenvalue weighted by molar-refractivity contribution is 5.99. The molecule has 8 heteroatoms. The number of ether oxygens (including phenoxy) is 1. The Kier molecular flexibility index (Phi) is 4.84. The second kappa shape index (κ2) is 7.46. The molecule has 0 saturated carbocycles. The quantitative estimate of drug-likeness (QED) is 0.686. The van der Waals surface area contributed by atoms with Crippen LogP contribution < -0.4 is 10.5 Å². The van der Waals surface area contributed by atoms with Gasteiger partial charge in [-0.2, -0.15) is 0 Å². The Morgan fingerprint density at radius 2 is 1.93 bits per heavy atom. The summed E-state index contributed by atoms with van der Waals surface area (Å²) in [7, 11) is 0. The highest BCUT2D eigenvalue weighted by atomic mass is 19.1. The first-order valence-corrected chi connectivity index (χ1v) is 9.18. The third-order valence-electron chi connectivity index (χ3n) is 4.91. The standard InChI is InChI=1S/C21H18FN3O4/c1-12(19-23-16-8-4-2-6-14(16)20(27)24-19)29-21(28)13-10-18(26)25(11-13)17-9-5-3-7-15(17)22/h2-9,12-13H,10-11H2,1H3,(H,23,24,27)/t12-,13+/m0/s1. The van der Waals surface area contributed by atoms with Gasteiger partial charge in [0, 0.05) is 13.0 Å². The van der Waals surface area contributed by atoms with Gasteiger partial charge >= 0.3 is 5.97 Å². The molecule has 4 rings (SSSR count). The number of nitrogens with one attached hydrogen (secondary N) is 1. The van der Waals surface area contributed by atoms with Crippen LogP contribution in [0.5, 0.6) is 0 Å². The smallest absolute Gasteiger partial charge is 0.311 e. The zero-order chi connectivity index (χ0) is 20.5. The van der Waals surface area contributed by atoms with Crippen molar-refractivity contribution in [2.24, 2.45) is 5.92 Å². The van der Waals surface area contributed by atoms with Crippen LogP contribution in [0, 0.1) is 11.7 Å². The summed E-state index contributed by atoms with van der Waals surface area (Å²) in [6.45, 7) is 1.63. The van der Waals surface area contributed by atoms with Gasteiger partial charge in [0.25, 0.3) is 5.56 Å². The predicted octanol–water partition coefficient (Wildman–Crippen LogP) is 2.72. The molecule has 1 aliphatic rings. The second-order valence-electron chi connectivity index (χ2n) is 6.90. The Labute approximate surface area is 165 Å². The highest BCUT2D eigenvalue weighted by Gasteiger charge is 2.37. The number of benzene rings is 2. The molecule has 0 unspecified atom stereocenters. The maximum absolute atomic E-state index is 14.0. The molecule has 1 N–H and O–H groups in total. The number of aromatic amines is 1. The van der Waals surface area contributed by atoms with Gasteiger partial charge in [0.15, 0.2) is 11.9 Å². The molecule has 0 spiro atoms. The summed E-state index contributed by atoms with van der Waals surface area (Å²) in [6, 6.07) is 12.8. The topological polar surface area (TPSA) is 92.4 Å². The van der Waals surface area contributed by atoms with Gasteiger partial charge in [0.2, 0.25) is 5.91 Å². The average molecular weight is 395 g/mol. The number of amides is 1. The van der Waals surface area contributed by atoms with E-state index >= 15 is 0 Å². The Morgan fingerprint density at radius 1 is 1.21 bits per heavy atom. The SMILES string of the molecule is C[C@H](OC(=O)[C@@H]1CC(=O)N(c2ccccc2F)C1)c1nc2ccccc2c(=O)[nH]1. The van der Waals surface area contributed by atoms with Crippen LogP contribution in [-0.2, 0) is 14.3 Å². The second-order valence-corrected chi connectivity index (χ2v) is 6.90. The molecule has 1 fully saturated rings. The van der Waals surface area contributed by atoms with Crippen LogP contribution in [-0.4, -0.2) is 28.4 Å². The molecule has 2 heterocycles. The van der Waals surface area contributed by atoms with E-state index in [1.807, 2.05) is 0 Å². The summed E-state index contributed by atoms with van der Waals surface area (Å²) < 4.78 is 19.4. The van der Waals surface area contributed by atoms with E-state index in [1.54, 1.807) is 37.3 Å². The van der Waals surface area contributed by atoms with Gasteiger partial charge in [-0.3, -0.25) is 14.4 Å². The van der Waals surface area contributed by atoms with Crippen molar-refractivity contribution in [1.29, 1.82) is 0 Å². The van der Waals surface area contributed by atoms with Crippen molar-refractivity contribution in [3.63, 3.8) is 0 Å². The number of rotatable bonds is 4. The van der Waals surface area contributed by atoms with E-state index in [0.717, 1.165) is 0 Å². The molecular weight excluding hydrogens is 377 g/mol. The normalized spacial score (nSPS) is 17.5. The number of H-pyrrole nitrogens is 1. The number of fused-ring (bicyclic) bond motifs is 1. The van der Waals surface area contributed by atoms with Crippen molar-refractivity contribution in [3.05, 3.63) is 70.5 Å². The Bertz CT molecular complexity index is 1160. The van der Waals surface area contributed by atoms with Gasteiger partial charge in [-0.05, 0) is 31.2 Å². The summed E-state index contributed by atoms with van der Waals surface area (Å²) in [6.07, 6.45) is -0.876. The molecule has 0 bridgehead atoms. The first-order valence-electron chi connectivity index (χ1n) is 9.18. The number of carbonyl (C=O) groups excluding carboxylic acids is 2. The molecule has 0 aliphatic carbocycles. The molecule has 7 nitrogen and oxygen atoms in total. The summed E-state index contributed by atoms with van der Waals surface area (Å²) in [5.41, 5.74) is 0.313. The first-order chi connectivity index (χ1) is 13.9. The fourth-order valence-electron chi connectivity index (χ4n) is 3.39. The molecule has 1 amide bonds. The van der Waals surface area contributed by atoms with Gasteiger partial charge < -0.3 is 14.6 Å². The number of halogens is 1. The lowest BCUT2D eigenvalue weighted by Gasteiger charge is -2.18. The van der Waals surface area contributed by atoms with Crippen LogP contribution in [0.15, 0.2) is 53.3 Å². The van der Waals surface area contributed by atoms with Crippen molar-refractivity contribution >= 4 is 28.5 Å². The molecule has 1 saturated heterocycles. The van der Waals surface area contributed by atoms with Crippen LogP contribution >= 0.6 is 0 Å². The zero-order valence-corrected chi connectivity index (χ0v) is 15.6. The Morgan fingerprint density at radius 3 is 2.72 bits per heavy atom. The summed E-state index contributed by atoms with van der Waals surface area (Å²) in [5.74, 6) is -1.97. The summed E-state index contributed by atoms with van der Waals surface area (Å²) >= 11 is 0. The monoisotopic (exact) mass is 395 g/mol. The predicted molar refractivity (Wildman–Crippen MR) is 104 cm³/mol. The van der Waals surface area contributed by atoms with Crippen molar-refractivity contribution in [3.8, 4) is 0 Å². The third kappa shape index (κ3) is 3.61. The van der Waals surface area contributed by atoms with E-state index in [1.165, 1.54) is 23.1 Å². The van der Waals surface area contributed by atoms with Gasteiger partial charge in [0.1, 0.15) is 5.82 Å². The molecule has 2 aromatic carbocycles. The van der Waals surface area contributed by atoms with Gasteiger partial charge in [0.05, 0.1) is 22.5 Å². The average Bonchev–Trinajstić information content (AvgIpc) is 3.10. The van der Waals surface area contributed by atoms with E-state index in [2.05, 4.69) is 9.97 Å². The maximum atomic E-state index is 14.0. The number of para-hydroxylation sites is 2. The molecule has 2 atom stereocenters. The first kappa shape index (κ1) is 18.8. The molecule has 3 aromatic rings. The number of hydrogen-bond acceptors (Lipinski definition) is 5. The molecule has 29 heavy (non-hydrogen) atoms. The number of nitrogens with zero attached hydrogens (tertiary/aromatic N) is 2. The Balaban J connectivity index is 1.49. The van der Waals surface area contributed by atoms with Crippen molar-refractivity contribution in [2.45, 2.75) is 19.4 Å². The lowest BCUT2D eigenvalue weighted by atomic mass is 10.1. The number of aromatic nitrogens is 2. The minimum atomic E-state index is -0.808. The number of esters is 1. The number of hydrogen-bond donors (Lipinski definition) is 1. The van der Waals surface area contributed by atoms with E-state index < -0.39 is 23.8 Å². The van der Waals surface area contributed by atoms with Crippen molar-refractivity contribution in [1.82, 2.24) is 9.97 Å². The molecular formula is C21H18FN3O4. The minimum absolute atomic E-state index is 0.0347. The fourth-order valence-corrected chi connectivity index (χ4v) is 3.39. The largest absolute Gasteiger partial charge is 0.454 e. The highest BCUT2D eigenvalue weighted by Crippen LogP contribution is 2.29. The van der Waals surface area contributed by atoms with Crippen LogP contribution in [0.4, 0.5) is 10.1 Å². The van der Waals surface area contributed by atoms with Gasteiger partial charge in [-0.1, -0.05) is 24.3 Å². The van der Waals surface area contributed by atoms with Crippen LogP contribution in [0.25, 0.3) is 10.9 Å². The van der Waals surface area contributed by atoms with E-state index in [-0.39, 0.29) is 35.9 Å². The third-order valence-corrected chi connectivity index (χ3v) is 4.91. The zero-order valence-electron chi connectivity index (χ0n) is 15.6. The molecule has 148 valence electrons. The fraction of sp³-hybridized carbons (Fsp3) is 0.238. The minimum Gasteiger partial charge on any atom is -0.454 e. The van der Waals surface area contributed by atoms with Gasteiger partial charge in [-0.15, -0.1) is 0 Å². The number of carbonyl (C=O) groups is 2. The molecule has 1 aliphatic heterocycles. The maximum Gasteiger partial charge on any atom is 0.311 e. The van der Waals surface area contributed by atoms with Crippen molar-refractivity contribution < 1.29 is 18.7 Å². The van der Waals surface area contributed by atoms with Crippen LogP contribution in [0.3, 0.4) is 0 Å². The van der Waals surface area contributed by atoms with E-state index in [0.29, 0.717) is 10.9 Å².